The lowest BCUT2D eigenvalue weighted by atomic mass is 10.3. The minimum absolute atomic E-state index is 0.0885. The van der Waals surface area contributed by atoms with Crippen molar-refractivity contribution in [2.75, 3.05) is 7.11 Å². The smallest absolute Gasteiger partial charge is 0.356 e. The Hall–Kier alpha value is -3.32. The van der Waals surface area contributed by atoms with Gasteiger partial charge in [-0.3, -0.25) is 0 Å². The molecule has 0 amide bonds. The predicted molar refractivity (Wildman–Crippen MR) is 110 cm³/mol. The van der Waals surface area contributed by atoms with Crippen LogP contribution in [0.15, 0.2) is 55.0 Å². The number of aromatic nitrogens is 3. The van der Waals surface area contributed by atoms with E-state index in [1.54, 1.807) is 30.6 Å². The van der Waals surface area contributed by atoms with Crippen LogP contribution in [0.5, 0.6) is 0 Å². The third kappa shape index (κ3) is 9.44. The zero-order chi connectivity index (χ0) is 21.8. The molecule has 0 fully saturated rings. The summed E-state index contributed by atoms with van der Waals surface area (Å²) in [7, 11) is 1.34. The molecule has 3 rings (SSSR count). The van der Waals surface area contributed by atoms with Crippen LogP contribution in [0.1, 0.15) is 37.7 Å². The molecular weight excluding hydrogens is 394 g/mol. The first-order valence-corrected chi connectivity index (χ1v) is 8.85. The van der Waals surface area contributed by atoms with E-state index in [1.807, 2.05) is 32.9 Å². The Morgan fingerprint density at radius 2 is 1.24 bits per heavy atom. The van der Waals surface area contributed by atoms with Crippen molar-refractivity contribution in [2.24, 2.45) is 0 Å². The van der Waals surface area contributed by atoms with E-state index in [9.17, 15) is 9.59 Å². The summed E-state index contributed by atoms with van der Waals surface area (Å²) >= 11 is 5.50. The molecule has 0 aliphatic rings. The predicted octanol–water partition coefficient (Wildman–Crippen LogP) is 4.31. The Labute approximate surface area is 174 Å². The highest BCUT2D eigenvalue weighted by Gasteiger charge is 2.04. The number of hydrogen-bond donors (Lipinski definition) is 1. The quantitative estimate of drug-likeness (QED) is 0.491. The number of esters is 1. The Bertz CT molecular complexity index is 891. The summed E-state index contributed by atoms with van der Waals surface area (Å²) in [6.45, 7) is 5.75. The lowest BCUT2D eigenvalue weighted by molar-refractivity contribution is 0.0593. The maximum atomic E-state index is 10.8. The number of carbonyl (C=O) groups excluding carboxylic acids is 1. The number of pyridine rings is 3. The lowest BCUT2D eigenvalue weighted by Gasteiger charge is -1.96. The van der Waals surface area contributed by atoms with Crippen molar-refractivity contribution in [3.05, 3.63) is 88.2 Å². The highest BCUT2D eigenvalue weighted by atomic mass is 35.5. The molecule has 3 aromatic heterocycles. The number of carboxylic acids is 1. The number of carboxylic acid groups (broad SMARTS) is 1. The zero-order valence-electron chi connectivity index (χ0n) is 16.6. The molecule has 0 spiro atoms. The van der Waals surface area contributed by atoms with Gasteiger partial charge in [0, 0.05) is 18.6 Å². The van der Waals surface area contributed by atoms with Gasteiger partial charge in [0.1, 0.15) is 16.5 Å². The van der Waals surface area contributed by atoms with Crippen molar-refractivity contribution >= 4 is 23.5 Å². The van der Waals surface area contributed by atoms with Crippen LogP contribution in [0.4, 0.5) is 0 Å². The van der Waals surface area contributed by atoms with Crippen molar-refractivity contribution < 1.29 is 19.4 Å². The molecule has 3 heterocycles. The molecule has 3 aromatic rings. The Morgan fingerprint density at radius 1 is 0.793 bits per heavy atom. The van der Waals surface area contributed by atoms with Crippen LogP contribution in [-0.4, -0.2) is 39.1 Å². The van der Waals surface area contributed by atoms with E-state index >= 15 is 0 Å². The van der Waals surface area contributed by atoms with Gasteiger partial charge >= 0.3 is 11.9 Å². The lowest BCUT2D eigenvalue weighted by Crippen LogP contribution is -2.03. The number of aryl methyl sites for hydroxylation is 3. The summed E-state index contributed by atoms with van der Waals surface area (Å²) in [5.41, 5.74) is 3.56. The molecule has 0 aromatic carbocycles. The molecule has 29 heavy (non-hydrogen) atoms. The minimum Gasteiger partial charge on any atom is -0.477 e. The van der Waals surface area contributed by atoms with Crippen LogP contribution in [0.25, 0.3) is 0 Å². The first kappa shape index (κ1) is 23.7. The van der Waals surface area contributed by atoms with Crippen LogP contribution in [0.2, 0.25) is 5.15 Å². The Balaban J connectivity index is 0.000000220. The van der Waals surface area contributed by atoms with Gasteiger partial charge < -0.3 is 9.84 Å². The molecule has 0 unspecified atom stereocenters. The van der Waals surface area contributed by atoms with Gasteiger partial charge in [0.2, 0.25) is 0 Å². The van der Waals surface area contributed by atoms with Gasteiger partial charge in [0.25, 0.3) is 0 Å². The van der Waals surface area contributed by atoms with Crippen molar-refractivity contribution in [3.8, 4) is 0 Å². The third-order valence-corrected chi connectivity index (χ3v) is 3.54. The molecule has 0 radical (unpaired) electrons. The van der Waals surface area contributed by atoms with E-state index < -0.39 is 11.9 Å². The van der Waals surface area contributed by atoms with E-state index in [-0.39, 0.29) is 5.69 Å². The molecule has 152 valence electrons. The average Bonchev–Trinajstić information content (AvgIpc) is 2.71. The highest BCUT2D eigenvalue weighted by molar-refractivity contribution is 6.29. The number of rotatable bonds is 2. The molecular formula is C21H22ClN3O4. The summed E-state index contributed by atoms with van der Waals surface area (Å²) in [6, 6.07) is 10.4. The van der Waals surface area contributed by atoms with E-state index in [2.05, 4.69) is 19.7 Å². The Kier molecular flexibility index (Phi) is 9.98. The number of halogens is 1. The van der Waals surface area contributed by atoms with E-state index in [4.69, 9.17) is 16.7 Å². The van der Waals surface area contributed by atoms with Crippen LogP contribution in [-0.2, 0) is 4.74 Å². The summed E-state index contributed by atoms with van der Waals surface area (Å²) < 4.78 is 4.47. The highest BCUT2D eigenvalue weighted by Crippen LogP contribution is 2.02. The third-order valence-electron chi connectivity index (χ3n) is 3.31. The maximum Gasteiger partial charge on any atom is 0.356 e. The number of nitrogens with zero attached hydrogens (tertiary/aromatic N) is 3. The van der Waals surface area contributed by atoms with Crippen LogP contribution in [0.3, 0.4) is 0 Å². The SMILES string of the molecule is COC(=O)c1ccc(C)cn1.Cc1ccc(C(=O)O)nc1.Cc1ccc(Cl)nc1. The molecule has 0 aliphatic heterocycles. The van der Waals surface area contributed by atoms with Crippen LogP contribution < -0.4 is 0 Å². The van der Waals surface area contributed by atoms with Crippen molar-refractivity contribution in [1.82, 2.24) is 15.0 Å². The van der Waals surface area contributed by atoms with Crippen molar-refractivity contribution in [1.29, 1.82) is 0 Å². The molecule has 0 saturated heterocycles. The van der Waals surface area contributed by atoms with Gasteiger partial charge in [-0.25, -0.2) is 24.5 Å². The van der Waals surface area contributed by atoms with Crippen molar-refractivity contribution in [3.63, 3.8) is 0 Å². The number of hydrogen-bond acceptors (Lipinski definition) is 6. The fourth-order valence-corrected chi connectivity index (χ4v) is 1.85. The number of carbonyl (C=O) groups is 2. The molecule has 0 saturated carbocycles. The topological polar surface area (TPSA) is 102 Å². The largest absolute Gasteiger partial charge is 0.477 e. The first-order chi connectivity index (χ1) is 13.7. The fourth-order valence-electron chi connectivity index (χ4n) is 1.74. The molecule has 1 N–H and O–H groups in total. The van der Waals surface area contributed by atoms with Crippen LogP contribution >= 0.6 is 11.6 Å². The van der Waals surface area contributed by atoms with E-state index in [0.717, 1.165) is 16.7 Å². The molecule has 0 atom stereocenters. The minimum atomic E-state index is -0.986. The van der Waals surface area contributed by atoms with Crippen molar-refractivity contribution in [2.45, 2.75) is 20.8 Å². The second-order valence-electron chi connectivity index (χ2n) is 5.90. The first-order valence-electron chi connectivity index (χ1n) is 8.48. The second kappa shape index (κ2) is 12.2. The van der Waals surface area contributed by atoms with E-state index in [0.29, 0.717) is 10.8 Å². The summed E-state index contributed by atoms with van der Waals surface area (Å²) in [6.07, 6.45) is 4.90. The van der Waals surface area contributed by atoms with Gasteiger partial charge in [-0.1, -0.05) is 29.8 Å². The summed E-state index contributed by atoms with van der Waals surface area (Å²) in [5, 5.41) is 8.96. The van der Waals surface area contributed by atoms with Gasteiger partial charge in [0.05, 0.1) is 7.11 Å². The van der Waals surface area contributed by atoms with Gasteiger partial charge in [-0.2, -0.15) is 0 Å². The molecule has 0 aliphatic carbocycles. The van der Waals surface area contributed by atoms with Gasteiger partial charge in [-0.05, 0) is 55.7 Å². The Morgan fingerprint density at radius 3 is 1.55 bits per heavy atom. The number of aromatic carboxylic acids is 1. The second-order valence-corrected chi connectivity index (χ2v) is 6.28. The average molecular weight is 416 g/mol. The van der Waals surface area contributed by atoms with Gasteiger partial charge in [-0.15, -0.1) is 0 Å². The normalized spacial score (nSPS) is 9.28. The monoisotopic (exact) mass is 415 g/mol. The number of ether oxygens (including phenoxy) is 1. The molecule has 8 heteroatoms. The van der Waals surface area contributed by atoms with E-state index in [1.165, 1.54) is 19.4 Å². The fraction of sp³-hybridized carbons (Fsp3) is 0.190. The standard InChI is InChI=1S/C8H9NO2.C7H7NO2.C6H6ClN/c1-6-3-4-7(9-5-6)8(10)11-2;1-5-2-3-6(7(9)10)8-4-5;1-5-2-3-6(7)8-4-5/h3-5H,1-2H3;2-4H,1H3,(H,9,10);2-4H,1H3. The molecule has 0 bridgehead atoms. The zero-order valence-corrected chi connectivity index (χ0v) is 17.3. The molecule has 7 nitrogen and oxygen atoms in total. The number of methoxy groups -OCH3 is 1. The van der Waals surface area contributed by atoms with Crippen LogP contribution in [0, 0.1) is 20.8 Å². The summed E-state index contributed by atoms with van der Waals surface area (Å²) in [5.74, 6) is -1.38. The maximum absolute atomic E-state index is 10.8. The summed E-state index contributed by atoms with van der Waals surface area (Å²) in [4.78, 5) is 32.5. The van der Waals surface area contributed by atoms with Gasteiger partial charge in [0.15, 0.2) is 0 Å².